The van der Waals surface area contributed by atoms with Crippen molar-refractivity contribution in [3.05, 3.63) is 67.0 Å². The summed E-state index contributed by atoms with van der Waals surface area (Å²) in [6.45, 7) is 0. The lowest BCUT2D eigenvalue weighted by Gasteiger charge is -2.02. The Balaban J connectivity index is 1.99. The Morgan fingerprint density at radius 1 is 0.842 bits per heavy atom. The third kappa shape index (κ3) is 1.59. The lowest BCUT2D eigenvalue weighted by atomic mass is 10.2. The zero-order chi connectivity index (χ0) is 12.7. The number of aromatic nitrogens is 3. The molecule has 0 atom stereocenters. The average molecular weight is 245 g/mol. The molecule has 0 aliphatic carbocycles. The molecule has 19 heavy (non-hydrogen) atoms. The minimum Gasteiger partial charge on any atom is -0.298 e. The third-order valence-electron chi connectivity index (χ3n) is 3.27. The molecule has 3 aromatic heterocycles. The molecule has 3 heterocycles. The molecular weight excluding hydrogens is 234 g/mol. The molecule has 0 N–H and O–H groups in total. The normalized spacial score (nSPS) is 11.2. The van der Waals surface area contributed by atoms with Crippen LogP contribution in [-0.4, -0.2) is 14.4 Å². The second kappa shape index (κ2) is 3.92. The van der Waals surface area contributed by atoms with Crippen LogP contribution in [0.25, 0.3) is 27.9 Å². The standard InChI is InChI=1S/C16H11N3/c1-2-7-14-12(5-1)8-9-15(18-14)16-17-11-13-6-3-4-10-19(13)16/h1-11H. The molecule has 4 aromatic rings. The van der Waals surface area contributed by atoms with E-state index in [9.17, 15) is 0 Å². The number of imidazole rings is 1. The third-order valence-corrected chi connectivity index (χ3v) is 3.27. The highest BCUT2D eigenvalue weighted by Crippen LogP contribution is 2.20. The van der Waals surface area contributed by atoms with Gasteiger partial charge in [0.25, 0.3) is 0 Å². The zero-order valence-corrected chi connectivity index (χ0v) is 10.2. The molecule has 90 valence electrons. The van der Waals surface area contributed by atoms with Crippen molar-refractivity contribution in [2.75, 3.05) is 0 Å². The van der Waals surface area contributed by atoms with Gasteiger partial charge in [0.15, 0.2) is 5.82 Å². The highest BCUT2D eigenvalue weighted by molar-refractivity contribution is 5.80. The fourth-order valence-electron chi connectivity index (χ4n) is 2.32. The minimum atomic E-state index is 0.876. The Labute approximate surface area is 110 Å². The van der Waals surface area contributed by atoms with Crippen LogP contribution in [-0.2, 0) is 0 Å². The van der Waals surface area contributed by atoms with Crippen molar-refractivity contribution < 1.29 is 0 Å². The van der Waals surface area contributed by atoms with Crippen molar-refractivity contribution >= 4 is 16.4 Å². The maximum absolute atomic E-state index is 4.68. The molecule has 0 aliphatic rings. The molecule has 0 saturated carbocycles. The van der Waals surface area contributed by atoms with Gasteiger partial charge in [-0.05, 0) is 24.3 Å². The van der Waals surface area contributed by atoms with E-state index >= 15 is 0 Å². The summed E-state index contributed by atoms with van der Waals surface area (Å²) in [5.74, 6) is 0.876. The van der Waals surface area contributed by atoms with E-state index in [2.05, 4.69) is 26.5 Å². The first kappa shape index (κ1) is 10.3. The average Bonchev–Trinajstić information content (AvgIpc) is 2.91. The number of pyridine rings is 2. The molecule has 0 spiro atoms. The number of para-hydroxylation sites is 1. The van der Waals surface area contributed by atoms with Crippen molar-refractivity contribution in [2.45, 2.75) is 0 Å². The van der Waals surface area contributed by atoms with Crippen molar-refractivity contribution in [2.24, 2.45) is 0 Å². The Kier molecular flexibility index (Phi) is 2.12. The smallest absolute Gasteiger partial charge is 0.163 e. The number of benzene rings is 1. The van der Waals surface area contributed by atoms with Gasteiger partial charge < -0.3 is 0 Å². The monoisotopic (exact) mass is 245 g/mol. The van der Waals surface area contributed by atoms with E-state index in [1.54, 1.807) is 0 Å². The number of rotatable bonds is 1. The van der Waals surface area contributed by atoms with E-state index in [1.807, 2.05) is 54.9 Å². The van der Waals surface area contributed by atoms with Crippen LogP contribution in [0.4, 0.5) is 0 Å². The molecule has 3 heteroatoms. The van der Waals surface area contributed by atoms with Crippen LogP contribution in [0.1, 0.15) is 0 Å². The quantitative estimate of drug-likeness (QED) is 0.513. The summed E-state index contributed by atoms with van der Waals surface area (Å²) < 4.78 is 2.05. The molecule has 4 rings (SSSR count). The largest absolute Gasteiger partial charge is 0.298 e. The SMILES string of the molecule is c1ccc2nc(-c3ncc4ccccn34)ccc2c1. The van der Waals surface area contributed by atoms with Crippen molar-refractivity contribution in [3.63, 3.8) is 0 Å². The van der Waals surface area contributed by atoms with Gasteiger partial charge in [-0.1, -0.05) is 30.3 Å². The number of hydrogen-bond donors (Lipinski definition) is 0. The van der Waals surface area contributed by atoms with Gasteiger partial charge in [0, 0.05) is 11.6 Å². The predicted molar refractivity (Wildman–Crippen MR) is 75.9 cm³/mol. The van der Waals surface area contributed by atoms with Crippen LogP contribution in [0.3, 0.4) is 0 Å². The van der Waals surface area contributed by atoms with E-state index in [0.717, 1.165) is 27.9 Å². The maximum Gasteiger partial charge on any atom is 0.163 e. The van der Waals surface area contributed by atoms with Crippen molar-refractivity contribution in [1.82, 2.24) is 14.4 Å². The fourth-order valence-corrected chi connectivity index (χ4v) is 2.32. The van der Waals surface area contributed by atoms with Crippen LogP contribution in [0.15, 0.2) is 67.0 Å². The number of hydrogen-bond acceptors (Lipinski definition) is 2. The second-order valence-electron chi connectivity index (χ2n) is 4.47. The molecule has 0 amide bonds. The highest BCUT2D eigenvalue weighted by Gasteiger charge is 2.07. The summed E-state index contributed by atoms with van der Waals surface area (Å²) in [7, 11) is 0. The first-order valence-electron chi connectivity index (χ1n) is 6.20. The molecule has 0 saturated heterocycles. The minimum absolute atomic E-state index is 0.876. The predicted octanol–water partition coefficient (Wildman–Crippen LogP) is 3.55. The van der Waals surface area contributed by atoms with Gasteiger partial charge in [0.05, 0.1) is 17.2 Å². The Morgan fingerprint density at radius 3 is 2.74 bits per heavy atom. The molecule has 0 fully saturated rings. The summed E-state index contributed by atoms with van der Waals surface area (Å²) in [6, 6.07) is 18.3. The first-order chi connectivity index (χ1) is 9.42. The fraction of sp³-hybridized carbons (Fsp3) is 0. The zero-order valence-electron chi connectivity index (χ0n) is 10.2. The highest BCUT2D eigenvalue weighted by atomic mass is 15.0. The lowest BCUT2D eigenvalue weighted by Crippen LogP contribution is -1.91. The van der Waals surface area contributed by atoms with Crippen molar-refractivity contribution in [1.29, 1.82) is 0 Å². The molecule has 3 nitrogen and oxygen atoms in total. The summed E-state index contributed by atoms with van der Waals surface area (Å²) in [5, 5.41) is 1.15. The van der Waals surface area contributed by atoms with Gasteiger partial charge in [-0.2, -0.15) is 0 Å². The van der Waals surface area contributed by atoms with Gasteiger partial charge >= 0.3 is 0 Å². The van der Waals surface area contributed by atoms with Crippen LogP contribution in [0.5, 0.6) is 0 Å². The molecule has 0 radical (unpaired) electrons. The lowest BCUT2D eigenvalue weighted by molar-refractivity contribution is 1.14. The Hall–Kier alpha value is -2.68. The van der Waals surface area contributed by atoms with E-state index in [0.29, 0.717) is 0 Å². The molecular formula is C16H11N3. The van der Waals surface area contributed by atoms with Crippen LogP contribution in [0, 0.1) is 0 Å². The van der Waals surface area contributed by atoms with Crippen LogP contribution < -0.4 is 0 Å². The van der Waals surface area contributed by atoms with Crippen LogP contribution >= 0.6 is 0 Å². The van der Waals surface area contributed by atoms with Crippen LogP contribution in [0.2, 0.25) is 0 Å². The summed E-state index contributed by atoms with van der Waals surface area (Å²) in [4.78, 5) is 9.16. The summed E-state index contributed by atoms with van der Waals surface area (Å²) in [5.41, 5.74) is 2.96. The van der Waals surface area contributed by atoms with Gasteiger partial charge in [-0.3, -0.25) is 4.40 Å². The topological polar surface area (TPSA) is 30.2 Å². The first-order valence-corrected chi connectivity index (χ1v) is 6.20. The summed E-state index contributed by atoms with van der Waals surface area (Å²) in [6.07, 6.45) is 3.88. The van der Waals surface area contributed by atoms with Gasteiger partial charge in [0.1, 0.15) is 5.69 Å². The maximum atomic E-state index is 4.68. The molecule has 0 aliphatic heterocycles. The van der Waals surface area contributed by atoms with E-state index in [4.69, 9.17) is 0 Å². The van der Waals surface area contributed by atoms with E-state index < -0.39 is 0 Å². The molecule has 0 bridgehead atoms. The second-order valence-corrected chi connectivity index (χ2v) is 4.47. The molecule has 1 aromatic carbocycles. The van der Waals surface area contributed by atoms with Gasteiger partial charge in [0.2, 0.25) is 0 Å². The van der Waals surface area contributed by atoms with Gasteiger partial charge in [-0.25, -0.2) is 9.97 Å². The Bertz CT molecular complexity index is 877. The number of nitrogens with zero attached hydrogens (tertiary/aromatic N) is 3. The number of fused-ring (bicyclic) bond motifs is 2. The van der Waals surface area contributed by atoms with E-state index in [1.165, 1.54) is 0 Å². The van der Waals surface area contributed by atoms with E-state index in [-0.39, 0.29) is 0 Å². The van der Waals surface area contributed by atoms with Crippen molar-refractivity contribution in [3.8, 4) is 11.5 Å². The van der Waals surface area contributed by atoms with Gasteiger partial charge in [-0.15, -0.1) is 0 Å². The summed E-state index contributed by atoms with van der Waals surface area (Å²) >= 11 is 0. The molecule has 0 unspecified atom stereocenters. The Morgan fingerprint density at radius 2 is 1.74 bits per heavy atom.